The molecule has 0 saturated heterocycles. The van der Waals surface area contributed by atoms with Crippen LogP contribution in [0.1, 0.15) is 12.5 Å². The molecule has 0 bridgehead atoms. The van der Waals surface area contributed by atoms with Crippen LogP contribution in [-0.4, -0.2) is 11.5 Å². The summed E-state index contributed by atoms with van der Waals surface area (Å²) in [4.78, 5) is 4.43. The molecule has 1 heterocycles. The lowest BCUT2D eigenvalue weighted by Gasteiger charge is -2.09. The van der Waals surface area contributed by atoms with Gasteiger partial charge in [0, 0.05) is 17.1 Å². The summed E-state index contributed by atoms with van der Waals surface area (Å²) in [5.41, 5.74) is 2.00. The summed E-state index contributed by atoms with van der Waals surface area (Å²) >= 11 is 12.0. The molecule has 0 aliphatic rings. The third-order valence-electron chi connectivity index (χ3n) is 2.57. The Kier molecular flexibility index (Phi) is 4.26. The van der Waals surface area contributed by atoms with Crippen molar-refractivity contribution in [3.8, 4) is 17.3 Å². The van der Waals surface area contributed by atoms with Gasteiger partial charge < -0.3 is 5.32 Å². The number of hydrogen-bond acceptors (Lipinski definition) is 3. The van der Waals surface area contributed by atoms with E-state index in [0.717, 1.165) is 5.56 Å². The fraction of sp³-hybridized carbons (Fsp3) is 0.143. The second-order valence-electron chi connectivity index (χ2n) is 3.86. The average Bonchev–Trinajstić information content (AvgIpc) is 2.39. The molecule has 0 fully saturated rings. The van der Waals surface area contributed by atoms with Crippen molar-refractivity contribution in [3.63, 3.8) is 0 Å². The van der Waals surface area contributed by atoms with Crippen molar-refractivity contribution < 1.29 is 0 Å². The Labute approximate surface area is 121 Å². The Morgan fingerprint density at radius 2 is 2.05 bits per heavy atom. The van der Waals surface area contributed by atoms with Gasteiger partial charge >= 0.3 is 0 Å². The van der Waals surface area contributed by atoms with Crippen molar-refractivity contribution in [1.82, 2.24) is 4.98 Å². The predicted molar refractivity (Wildman–Crippen MR) is 78.6 cm³/mol. The minimum Gasteiger partial charge on any atom is -0.369 e. The SMILES string of the molecule is CCNc1nc(-c2ccc(Cl)cc2Cl)ccc1C#N. The quantitative estimate of drug-likeness (QED) is 0.914. The standard InChI is InChI=1S/C14H11Cl2N3/c1-2-18-14-9(8-17)3-6-13(19-14)11-5-4-10(15)7-12(11)16/h3-7H,2H2,1H3,(H,18,19). The molecule has 0 spiro atoms. The fourth-order valence-electron chi connectivity index (χ4n) is 1.70. The van der Waals surface area contributed by atoms with Crippen LogP contribution in [0.25, 0.3) is 11.3 Å². The van der Waals surface area contributed by atoms with Crippen molar-refractivity contribution in [2.45, 2.75) is 6.92 Å². The minimum atomic E-state index is 0.510. The molecular weight excluding hydrogens is 281 g/mol. The van der Waals surface area contributed by atoms with E-state index in [1.165, 1.54) is 0 Å². The van der Waals surface area contributed by atoms with E-state index < -0.39 is 0 Å². The molecule has 0 aliphatic heterocycles. The lowest BCUT2D eigenvalue weighted by atomic mass is 10.1. The van der Waals surface area contributed by atoms with Crippen molar-refractivity contribution in [2.24, 2.45) is 0 Å². The minimum absolute atomic E-state index is 0.510. The molecule has 1 aromatic heterocycles. The van der Waals surface area contributed by atoms with Gasteiger partial charge in [0.1, 0.15) is 11.9 Å². The van der Waals surface area contributed by atoms with E-state index >= 15 is 0 Å². The van der Waals surface area contributed by atoms with Crippen LogP contribution in [0.2, 0.25) is 10.0 Å². The van der Waals surface area contributed by atoms with Crippen molar-refractivity contribution >= 4 is 29.0 Å². The van der Waals surface area contributed by atoms with E-state index in [-0.39, 0.29) is 0 Å². The number of nitrogens with zero attached hydrogens (tertiary/aromatic N) is 2. The summed E-state index contributed by atoms with van der Waals surface area (Å²) in [7, 11) is 0. The summed E-state index contributed by atoms with van der Waals surface area (Å²) < 4.78 is 0. The normalized spacial score (nSPS) is 10.0. The third-order valence-corrected chi connectivity index (χ3v) is 3.11. The van der Waals surface area contributed by atoms with Gasteiger partial charge in [-0.15, -0.1) is 0 Å². The molecule has 96 valence electrons. The van der Waals surface area contributed by atoms with Crippen LogP contribution in [-0.2, 0) is 0 Å². The van der Waals surface area contributed by atoms with E-state index in [9.17, 15) is 0 Å². The summed E-state index contributed by atoms with van der Waals surface area (Å²) in [6.07, 6.45) is 0. The van der Waals surface area contributed by atoms with Gasteiger partial charge in [0.2, 0.25) is 0 Å². The van der Waals surface area contributed by atoms with Crippen LogP contribution in [0.15, 0.2) is 30.3 Å². The van der Waals surface area contributed by atoms with Crippen LogP contribution < -0.4 is 5.32 Å². The van der Waals surface area contributed by atoms with Gasteiger partial charge in [-0.25, -0.2) is 4.98 Å². The summed E-state index contributed by atoms with van der Waals surface area (Å²) in [6, 6.07) is 10.8. The number of aromatic nitrogens is 1. The van der Waals surface area contributed by atoms with E-state index in [0.29, 0.717) is 33.7 Å². The molecule has 2 rings (SSSR count). The molecular formula is C14H11Cl2N3. The molecule has 5 heteroatoms. The van der Waals surface area contributed by atoms with E-state index in [1.54, 1.807) is 24.3 Å². The second kappa shape index (κ2) is 5.92. The molecule has 0 atom stereocenters. The summed E-state index contributed by atoms with van der Waals surface area (Å²) in [5, 5.41) is 13.2. The summed E-state index contributed by atoms with van der Waals surface area (Å²) in [5.74, 6) is 0.563. The largest absolute Gasteiger partial charge is 0.369 e. The van der Waals surface area contributed by atoms with Gasteiger partial charge in [-0.1, -0.05) is 23.2 Å². The molecule has 3 nitrogen and oxygen atoms in total. The number of pyridine rings is 1. The topological polar surface area (TPSA) is 48.7 Å². The number of nitrogens with one attached hydrogen (secondary N) is 1. The fourth-order valence-corrected chi connectivity index (χ4v) is 2.20. The highest BCUT2D eigenvalue weighted by Crippen LogP contribution is 2.30. The highest BCUT2D eigenvalue weighted by Gasteiger charge is 2.09. The molecule has 1 N–H and O–H groups in total. The number of rotatable bonds is 3. The highest BCUT2D eigenvalue weighted by molar-refractivity contribution is 6.36. The first-order valence-corrected chi connectivity index (χ1v) is 6.51. The van der Waals surface area contributed by atoms with Gasteiger partial charge in [-0.3, -0.25) is 0 Å². The zero-order valence-electron chi connectivity index (χ0n) is 10.2. The average molecular weight is 292 g/mol. The molecule has 0 radical (unpaired) electrons. The molecule has 0 unspecified atom stereocenters. The molecule has 19 heavy (non-hydrogen) atoms. The Balaban J connectivity index is 2.51. The molecule has 2 aromatic rings. The lowest BCUT2D eigenvalue weighted by Crippen LogP contribution is -2.02. The number of nitriles is 1. The second-order valence-corrected chi connectivity index (χ2v) is 4.70. The maximum atomic E-state index is 9.02. The van der Waals surface area contributed by atoms with Gasteiger partial charge in [-0.2, -0.15) is 5.26 Å². The van der Waals surface area contributed by atoms with Crippen molar-refractivity contribution in [2.75, 3.05) is 11.9 Å². The third kappa shape index (κ3) is 2.98. The predicted octanol–water partition coefficient (Wildman–Crippen LogP) is 4.36. The number of benzene rings is 1. The van der Waals surface area contributed by atoms with Gasteiger partial charge in [0.05, 0.1) is 16.3 Å². The monoisotopic (exact) mass is 291 g/mol. The van der Waals surface area contributed by atoms with Crippen molar-refractivity contribution in [1.29, 1.82) is 5.26 Å². The Bertz CT molecular complexity index is 648. The number of hydrogen-bond donors (Lipinski definition) is 1. The summed E-state index contributed by atoms with van der Waals surface area (Å²) in [6.45, 7) is 2.64. The van der Waals surface area contributed by atoms with Crippen LogP contribution in [0.5, 0.6) is 0 Å². The van der Waals surface area contributed by atoms with E-state index in [2.05, 4.69) is 16.4 Å². The zero-order chi connectivity index (χ0) is 13.8. The first-order chi connectivity index (χ1) is 9.15. The van der Waals surface area contributed by atoms with Crippen molar-refractivity contribution in [3.05, 3.63) is 45.9 Å². The maximum Gasteiger partial charge on any atom is 0.144 e. The van der Waals surface area contributed by atoms with Gasteiger partial charge in [0.25, 0.3) is 0 Å². The molecule has 0 aliphatic carbocycles. The molecule has 1 aromatic carbocycles. The molecule has 0 amide bonds. The number of anilines is 1. The highest BCUT2D eigenvalue weighted by atomic mass is 35.5. The van der Waals surface area contributed by atoms with Crippen LogP contribution in [0.3, 0.4) is 0 Å². The van der Waals surface area contributed by atoms with E-state index in [4.69, 9.17) is 28.5 Å². The Morgan fingerprint density at radius 1 is 1.26 bits per heavy atom. The zero-order valence-corrected chi connectivity index (χ0v) is 11.8. The van der Waals surface area contributed by atoms with Crippen LogP contribution in [0.4, 0.5) is 5.82 Å². The maximum absolute atomic E-state index is 9.02. The first-order valence-electron chi connectivity index (χ1n) is 5.76. The number of halogens is 2. The first kappa shape index (κ1) is 13.7. The van der Waals surface area contributed by atoms with Gasteiger partial charge in [-0.05, 0) is 37.3 Å². The molecule has 0 saturated carbocycles. The van der Waals surface area contributed by atoms with E-state index in [1.807, 2.05) is 13.0 Å². The smallest absolute Gasteiger partial charge is 0.144 e. The Hall–Kier alpha value is -1.76. The van der Waals surface area contributed by atoms with Gasteiger partial charge in [0.15, 0.2) is 0 Å². The lowest BCUT2D eigenvalue weighted by molar-refractivity contribution is 1.15. The Morgan fingerprint density at radius 3 is 2.68 bits per heavy atom. The van der Waals surface area contributed by atoms with Crippen LogP contribution >= 0.6 is 23.2 Å². The van der Waals surface area contributed by atoms with Crippen LogP contribution in [0, 0.1) is 11.3 Å².